The quantitative estimate of drug-likeness (QED) is 0.766. The average molecular weight is 288 g/mol. The second kappa shape index (κ2) is 3.87. The molecule has 0 aliphatic heterocycles. The summed E-state index contributed by atoms with van der Waals surface area (Å²) in [5.41, 5.74) is 0. The highest BCUT2D eigenvalue weighted by atomic mass is 16.3. The Morgan fingerprint density at radius 2 is 1.05 bits per heavy atom. The van der Waals surface area contributed by atoms with Gasteiger partial charge in [-0.05, 0) is 103 Å². The molecule has 6 aliphatic rings. The van der Waals surface area contributed by atoms with E-state index >= 15 is 0 Å². The minimum absolute atomic E-state index is 0.327. The average Bonchev–Trinajstić information content (AvgIpc) is 3.30. The topological polar surface area (TPSA) is 40.5 Å². The van der Waals surface area contributed by atoms with Gasteiger partial charge in [-0.1, -0.05) is 0 Å². The lowest BCUT2D eigenvalue weighted by atomic mass is 9.56. The lowest BCUT2D eigenvalue weighted by molar-refractivity contribution is -0.0403. The number of fused-ring (bicyclic) bond motifs is 16. The SMILES string of the molecule is OCC1C(CO)[C@@H]2C[C@H]1C1C2C2C[C@H]1C1C2C2CC[C@@H]1C2. The van der Waals surface area contributed by atoms with Crippen molar-refractivity contribution in [3.05, 3.63) is 0 Å². The first-order valence-electron chi connectivity index (χ1n) is 9.55. The molecule has 2 N–H and O–H groups in total. The second-order valence-electron chi connectivity index (χ2n) is 9.46. The highest BCUT2D eigenvalue weighted by Gasteiger charge is 2.72. The van der Waals surface area contributed by atoms with Gasteiger partial charge in [-0.3, -0.25) is 0 Å². The van der Waals surface area contributed by atoms with Gasteiger partial charge in [0.25, 0.3) is 0 Å². The Balaban J connectivity index is 1.39. The fourth-order valence-corrected chi connectivity index (χ4v) is 9.61. The van der Waals surface area contributed by atoms with Crippen LogP contribution in [0.2, 0.25) is 0 Å². The molecule has 0 aromatic rings. The van der Waals surface area contributed by atoms with Crippen molar-refractivity contribution in [2.45, 2.75) is 32.1 Å². The van der Waals surface area contributed by atoms with Crippen LogP contribution in [0.1, 0.15) is 32.1 Å². The normalized spacial score (nSPS) is 68.9. The highest BCUT2D eigenvalue weighted by Crippen LogP contribution is 2.77. The molecule has 0 heterocycles. The van der Waals surface area contributed by atoms with E-state index in [2.05, 4.69) is 0 Å². The van der Waals surface area contributed by atoms with Crippen LogP contribution in [0.25, 0.3) is 0 Å². The van der Waals surface area contributed by atoms with Gasteiger partial charge in [0.2, 0.25) is 0 Å². The molecule has 116 valence electrons. The van der Waals surface area contributed by atoms with E-state index in [1.54, 1.807) is 6.42 Å². The Bertz CT molecular complexity index is 436. The molecule has 0 radical (unpaired) electrons. The fourth-order valence-electron chi connectivity index (χ4n) is 9.61. The molecule has 2 nitrogen and oxygen atoms in total. The number of aliphatic hydroxyl groups excluding tert-OH is 2. The summed E-state index contributed by atoms with van der Waals surface area (Å²) in [4.78, 5) is 0. The molecule has 6 saturated carbocycles. The van der Waals surface area contributed by atoms with E-state index in [9.17, 15) is 10.2 Å². The zero-order valence-corrected chi connectivity index (χ0v) is 12.8. The maximum atomic E-state index is 9.86. The summed E-state index contributed by atoms with van der Waals surface area (Å²) >= 11 is 0. The summed E-state index contributed by atoms with van der Waals surface area (Å²) in [7, 11) is 0. The van der Waals surface area contributed by atoms with E-state index in [1.807, 2.05) is 0 Å². The van der Waals surface area contributed by atoms with Crippen LogP contribution < -0.4 is 0 Å². The van der Waals surface area contributed by atoms with E-state index in [-0.39, 0.29) is 0 Å². The lowest BCUT2D eigenvalue weighted by Gasteiger charge is -2.48. The summed E-state index contributed by atoms with van der Waals surface area (Å²) in [6.07, 6.45) is 7.49. The second-order valence-corrected chi connectivity index (χ2v) is 9.46. The third-order valence-corrected chi connectivity index (χ3v) is 9.62. The first-order valence-corrected chi connectivity index (χ1v) is 9.55. The molecule has 0 aromatic heterocycles. The molecule has 6 rings (SSSR count). The maximum Gasteiger partial charge on any atom is 0.0465 e. The Morgan fingerprint density at radius 1 is 0.571 bits per heavy atom. The van der Waals surface area contributed by atoms with E-state index in [0.29, 0.717) is 25.0 Å². The lowest BCUT2D eigenvalue weighted by Crippen LogP contribution is -2.46. The molecule has 6 bridgehead atoms. The zero-order chi connectivity index (χ0) is 13.9. The number of rotatable bonds is 2. The van der Waals surface area contributed by atoms with E-state index in [1.165, 1.54) is 25.7 Å². The third kappa shape index (κ3) is 1.20. The van der Waals surface area contributed by atoms with Gasteiger partial charge in [-0.15, -0.1) is 0 Å². The fraction of sp³-hybridized carbons (Fsp3) is 1.00. The van der Waals surface area contributed by atoms with E-state index in [0.717, 1.165) is 59.2 Å². The number of hydrogen-bond acceptors (Lipinski definition) is 2. The minimum Gasteiger partial charge on any atom is -0.396 e. The van der Waals surface area contributed by atoms with Gasteiger partial charge in [-0.25, -0.2) is 0 Å². The molecule has 0 saturated heterocycles. The molecule has 6 fully saturated rings. The van der Waals surface area contributed by atoms with Crippen molar-refractivity contribution in [3.8, 4) is 0 Å². The summed E-state index contributed by atoms with van der Waals surface area (Å²) in [6, 6.07) is 0. The largest absolute Gasteiger partial charge is 0.396 e. The Labute approximate surface area is 127 Å². The molecular weight excluding hydrogens is 260 g/mol. The van der Waals surface area contributed by atoms with Crippen LogP contribution >= 0.6 is 0 Å². The number of hydrogen-bond donors (Lipinski definition) is 2. The predicted octanol–water partition coefficient (Wildman–Crippen LogP) is 2.40. The van der Waals surface area contributed by atoms with Gasteiger partial charge in [0.05, 0.1) is 0 Å². The van der Waals surface area contributed by atoms with E-state index in [4.69, 9.17) is 0 Å². The molecule has 12 atom stereocenters. The van der Waals surface area contributed by atoms with Crippen LogP contribution in [0.4, 0.5) is 0 Å². The van der Waals surface area contributed by atoms with Crippen molar-refractivity contribution in [3.63, 3.8) is 0 Å². The summed E-state index contributed by atoms with van der Waals surface area (Å²) in [5.74, 6) is 10.6. The van der Waals surface area contributed by atoms with Crippen LogP contribution in [0.15, 0.2) is 0 Å². The molecular formula is C19H28O2. The van der Waals surface area contributed by atoms with Crippen LogP contribution in [-0.2, 0) is 0 Å². The van der Waals surface area contributed by atoms with Crippen molar-refractivity contribution in [2.24, 2.45) is 71.0 Å². The highest BCUT2D eigenvalue weighted by molar-refractivity contribution is 5.20. The number of aliphatic hydroxyl groups is 2. The van der Waals surface area contributed by atoms with Crippen molar-refractivity contribution in [2.75, 3.05) is 13.2 Å². The minimum atomic E-state index is 0.327. The van der Waals surface area contributed by atoms with Crippen LogP contribution in [0.3, 0.4) is 0 Å². The molecule has 0 amide bonds. The van der Waals surface area contributed by atoms with Crippen molar-refractivity contribution in [1.29, 1.82) is 0 Å². The summed E-state index contributed by atoms with van der Waals surface area (Å²) in [6.45, 7) is 0.653. The van der Waals surface area contributed by atoms with Gasteiger partial charge >= 0.3 is 0 Å². The van der Waals surface area contributed by atoms with Crippen LogP contribution in [0.5, 0.6) is 0 Å². The molecule has 21 heavy (non-hydrogen) atoms. The van der Waals surface area contributed by atoms with Crippen LogP contribution in [0, 0.1) is 71.0 Å². The van der Waals surface area contributed by atoms with Gasteiger partial charge in [-0.2, -0.15) is 0 Å². The van der Waals surface area contributed by atoms with Crippen molar-refractivity contribution >= 4 is 0 Å². The molecule has 0 spiro atoms. The van der Waals surface area contributed by atoms with Gasteiger partial charge in [0.15, 0.2) is 0 Å². The standard InChI is InChI=1S/C19H28O2/c20-6-14-10-4-11(15(14)7-21)19-13-5-12(18(10)19)16-8-1-2-9(3-8)17(13)16/h8-21H,1-7H2/t8-,9?,10-,11+,12+,13?,14?,15?,16?,17?,18?,19?/m1/s1. The van der Waals surface area contributed by atoms with E-state index < -0.39 is 0 Å². The van der Waals surface area contributed by atoms with Crippen LogP contribution in [-0.4, -0.2) is 23.4 Å². The van der Waals surface area contributed by atoms with Crippen molar-refractivity contribution in [1.82, 2.24) is 0 Å². The first kappa shape index (κ1) is 12.4. The predicted molar refractivity (Wildman–Crippen MR) is 79.1 cm³/mol. The van der Waals surface area contributed by atoms with Gasteiger partial charge < -0.3 is 10.2 Å². The zero-order valence-electron chi connectivity index (χ0n) is 12.8. The molecule has 2 heteroatoms. The summed E-state index contributed by atoms with van der Waals surface area (Å²) in [5, 5.41) is 19.7. The maximum absolute atomic E-state index is 9.86. The molecule has 0 aromatic carbocycles. The smallest absolute Gasteiger partial charge is 0.0465 e. The summed E-state index contributed by atoms with van der Waals surface area (Å²) < 4.78 is 0. The third-order valence-electron chi connectivity index (χ3n) is 9.62. The van der Waals surface area contributed by atoms with Gasteiger partial charge in [0.1, 0.15) is 0 Å². The Morgan fingerprint density at radius 3 is 1.52 bits per heavy atom. The van der Waals surface area contributed by atoms with Gasteiger partial charge in [0, 0.05) is 13.2 Å². The Hall–Kier alpha value is -0.0800. The first-order chi connectivity index (χ1) is 10.3. The molecule has 8 unspecified atom stereocenters. The van der Waals surface area contributed by atoms with Crippen molar-refractivity contribution < 1.29 is 10.2 Å². The molecule has 6 aliphatic carbocycles. The monoisotopic (exact) mass is 288 g/mol. The Kier molecular flexibility index (Phi) is 2.28.